The van der Waals surface area contributed by atoms with Crippen molar-refractivity contribution in [1.29, 1.82) is 5.26 Å². The Kier molecular flexibility index (Phi) is 1.90. The summed E-state index contributed by atoms with van der Waals surface area (Å²) in [5.41, 5.74) is 1.54. The molecule has 86 valence electrons. The van der Waals surface area contributed by atoms with E-state index in [1.807, 2.05) is 6.07 Å². The summed E-state index contributed by atoms with van der Waals surface area (Å²) < 4.78 is 5.21. The first-order valence-electron chi connectivity index (χ1n) is 5.52. The van der Waals surface area contributed by atoms with Gasteiger partial charge in [0, 0.05) is 12.1 Å². The third-order valence-electron chi connectivity index (χ3n) is 3.32. The van der Waals surface area contributed by atoms with Crippen LogP contribution in [0.4, 0.5) is 0 Å². The molecule has 5 nitrogen and oxygen atoms in total. The highest BCUT2D eigenvalue weighted by Gasteiger charge is 2.49. The van der Waals surface area contributed by atoms with Crippen LogP contribution in [-0.4, -0.2) is 15.1 Å². The fourth-order valence-corrected chi connectivity index (χ4v) is 1.98. The van der Waals surface area contributed by atoms with E-state index in [4.69, 9.17) is 9.78 Å². The summed E-state index contributed by atoms with van der Waals surface area (Å²) in [6, 6.07) is 3.73. The van der Waals surface area contributed by atoms with E-state index in [2.05, 4.69) is 29.0 Å². The van der Waals surface area contributed by atoms with Crippen molar-refractivity contribution in [1.82, 2.24) is 15.1 Å². The van der Waals surface area contributed by atoms with Gasteiger partial charge in [-0.25, -0.2) is 0 Å². The SMILES string of the molecule is CC1(C)CC1c1noc(-c2c[nH]c(C#N)c2)n1. The molecule has 2 aromatic heterocycles. The van der Waals surface area contributed by atoms with Crippen molar-refractivity contribution < 1.29 is 4.52 Å². The second-order valence-electron chi connectivity index (χ2n) is 5.12. The largest absolute Gasteiger partial charge is 0.352 e. The minimum atomic E-state index is 0.289. The van der Waals surface area contributed by atoms with Crippen LogP contribution in [0.2, 0.25) is 0 Å². The molecule has 1 aliphatic rings. The smallest absolute Gasteiger partial charge is 0.259 e. The number of hydrogen-bond acceptors (Lipinski definition) is 4. The van der Waals surface area contributed by atoms with Gasteiger partial charge in [-0.3, -0.25) is 0 Å². The fourth-order valence-electron chi connectivity index (χ4n) is 1.98. The zero-order valence-corrected chi connectivity index (χ0v) is 9.69. The standard InChI is InChI=1S/C12H12N4O/c1-12(2)4-9(12)10-15-11(17-16-10)7-3-8(5-13)14-6-7/h3,6,9,14H,4H2,1-2H3. The average molecular weight is 228 g/mol. The van der Waals surface area contributed by atoms with Crippen LogP contribution >= 0.6 is 0 Å². The third-order valence-corrected chi connectivity index (χ3v) is 3.32. The molecule has 0 aromatic carbocycles. The Balaban J connectivity index is 1.88. The minimum Gasteiger partial charge on any atom is -0.352 e. The summed E-state index contributed by atoms with van der Waals surface area (Å²) in [6.07, 6.45) is 2.80. The van der Waals surface area contributed by atoms with Crippen molar-refractivity contribution in [2.45, 2.75) is 26.2 Å². The van der Waals surface area contributed by atoms with Gasteiger partial charge in [-0.15, -0.1) is 0 Å². The van der Waals surface area contributed by atoms with Gasteiger partial charge in [-0.05, 0) is 17.9 Å². The van der Waals surface area contributed by atoms with E-state index < -0.39 is 0 Å². The molecule has 3 rings (SSSR count). The van der Waals surface area contributed by atoms with Crippen LogP contribution in [0.25, 0.3) is 11.5 Å². The van der Waals surface area contributed by atoms with Crippen LogP contribution in [-0.2, 0) is 0 Å². The lowest BCUT2D eigenvalue weighted by Crippen LogP contribution is -1.91. The quantitative estimate of drug-likeness (QED) is 0.856. The lowest BCUT2D eigenvalue weighted by Gasteiger charge is -1.95. The van der Waals surface area contributed by atoms with Gasteiger partial charge in [-0.2, -0.15) is 10.2 Å². The summed E-state index contributed by atoms with van der Waals surface area (Å²) in [6.45, 7) is 4.38. The Bertz CT molecular complexity index is 602. The molecule has 1 aliphatic carbocycles. The summed E-state index contributed by atoms with van der Waals surface area (Å²) in [7, 11) is 0. The highest BCUT2D eigenvalue weighted by atomic mass is 16.5. The second-order valence-corrected chi connectivity index (χ2v) is 5.12. The number of aromatic nitrogens is 3. The Morgan fingerprint density at radius 2 is 2.35 bits per heavy atom. The molecule has 1 fully saturated rings. The molecular formula is C12H12N4O. The van der Waals surface area contributed by atoms with Crippen molar-refractivity contribution >= 4 is 0 Å². The number of nitriles is 1. The predicted molar refractivity (Wildman–Crippen MR) is 59.9 cm³/mol. The van der Waals surface area contributed by atoms with Crippen LogP contribution in [0.5, 0.6) is 0 Å². The van der Waals surface area contributed by atoms with E-state index in [9.17, 15) is 0 Å². The highest BCUT2D eigenvalue weighted by molar-refractivity contribution is 5.54. The molecule has 0 spiro atoms. The molecule has 0 bridgehead atoms. The normalized spacial score (nSPS) is 21.1. The molecule has 0 amide bonds. The van der Waals surface area contributed by atoms with E-state index >= 15 is 0 Å². The first kappa shape index (κ1) is 10.1. The van der Waals surface area contributed by atoms with E-state index in [0.29, 0.717) is 17.5 Å². The van der Waals surface area contributed by atoms with Gasteiger partial charge in [-0.1, -0.05) is 19.0 Å². The van der Waals surface area contributed by atoms with Crippen LogP contribution in [0.15, 0.2) is 16.8 Å². The van der Waals surface area contributed by atoms with E-state index in [1.54, 1.807) is 12.3 Å². The number of nitrogens with one attached hydrogen (secondary N) is 1. The lowest BCUT2D eigenvalue weighted by atomic mass is 10.1. The summed E-state index contributed by atoms with van der Waals surface area (Å²) in [5.74, 6) is 1.64. The van der Waals surface area contributed by atoms with E-state index in [1.165, 1.54) is 0 Å². The Labute approximate surface area is 98.5 Å². The Hall–Kier alpha value is -2.09. The van der Waals surface area contributed by atoms with Crippen LogP contribution in [0.1, 0.15) is 37.7 Å². The summed E-state index contributed by atoms with van der Waals surface area (Å²) in [5, 5.41) is 12.7. The number of aromatic amines is 1. The molecule has 1 N–H and O–H groups in total. The molecule has 1 atom stereocenters. The molecular weight excluding hydrogens is 216 g/mol. The van der Waals surface area contributed by atoms with Gasteiger partial charge in [0.25, 0.3) is 5.89 Å². The number of H-pyrrole nitrogens is 1. The minimum absolute atomic E-state index is 0.289. The molecule has 0 saturated heterocycles. The predicted octanol–water partition coefficient (Wildman–Crippen LogP) is 2.45. The van der Waals surface area contributed by atoms with Gasteiger partial charge >= 0.3 is 0 Å². The highest BCUT2D eigenvalue weighted by Crippen LogP contribution is 2.57. The molecule has 1 unspecified atom stereocenters. The average Bonchev–Trinajstić information content (AvgIpc) is 2.81. The van der Waals surface area contributed by atoms with Gasteiger partial charge in [0.05, 0.1) is 5.56 Å². The summed E-state index contributed by atoms with van der Waals surface area (Å²) >= 11 is 0. The van der Waals surface area contributed by atoms with Crippen LogP contribution < -0.4 is 0 Å². The number of rotatable bonds is 2. The molecule has 2 aromatic rings. The summed E-state index contributed by atoms with van der Waals surface area (Å²) in [4.78, 5) is 7.21. The molecule has 0 radical (unpaired) electrons. The Morgan fingerprint density at radius 3 is 2.94 bits per heavy atom. The van der Waals surface area contributed by atoms with E-state index in [-0.39, 0.29) is 5.41 Å². The van der Waals surface area contributed by atoms with Gasteiger partial charge in [0.15, 0.2) is 5.82 Å². The van der Waals surface area contributed by atoms with Gasteiger partial charge < -0.3 is 9.51 Å². The van der Waals surface area contributed by atoms with Crippen molar-refractivity contribution in [3.05, 3.63) is 23.8 Å². The topological polar surface area (TPSA) is 78.5 Å². The fraction of sp³-hybridized carbons (Fsp3) is 0.417. The van der Waals surface area contributed by atoms with Crippen molar-refractivity contribution in [2.24, 2.45) is 5.41 Å². The number of nitrogens with zero attached hydrogens (tertiary/aromatic N) is 3. The molecule has 0 aliphatic heterocycles. The van der Waals surface area contributed by atoms with Gasteiger partial charge in [0.2, 0.25) is 0 Å². The van der Waals surface area contributed by atoms with Crippen molar-refractivity contribution in [2.75, 3.05) is 0 Å². The second kappa shape index (κ2) is 3.20. The van der Waals surface area contributed by atoms with Crippen molar-refractivity contribution in [3.8, 4) is 17.5 Å². The van der Waals surface area contributed by atoms with Crippen LogP contribution in [0.3, 0.4) is 0 Å². The van der Waals surface area contributed by atoms with E-state index in [0.717, 1.165) is 17.8 Å². The maximum absolute atomic E-state index is 8.72. The first-order chi connectivity index (χ1) is 8.10. The zero-order valence-electron chi connectivity index (χ0n) is 9.69. The Morgan fingerprint density at radius 1 is 1.59 bits per heavy atom. The number of hydrogen-bond donors (Lipinski definition) is 1. The zero-order chi connectivity index (χ0) is 12.0. The maximum atomic E-state index is 8.72. The molecule has 17 heavy (non-hydrogen) atoms. The monoisotopic (exact) mass is 228 g/mol. The third kappa shape index (κ3) is 1.62. The van der Waals surface area contributed by atoms with Crippen molar-refractivity contribution in [3.63, 3.8) is 0 Å². The van der Waals surface area contributed by atoms with Gasteiger partial charge in [0.1, 0.15) is 11.8 Å². The molecule has 5 heteroatoms. The first-order valence-corrected chi connectivity index (χ1v) is 5.52. The lowest BCUT2D eigenvalue weighted by molar-refractivity contribution is 0.419. The van der Waals surface area contributed by atoms with Crippen LogP contribution in [0, 0.1) is 16.7 Å². The maximum Gasteiger partial charge on any atom is 0.259 e. The molecule has 1 saturated carbocycles. The molecule has 2 heterocycles.